The summed E-state index contributed by atoms with van der Waals surface area (Å²) in [6.45, 7) is 4.72. The van der Waals surface area contributed by atoms with Gasteiger partial charge in [0.2, 0.25) is 0 Å². The Kier molecular flexibility index (Phi) is 7.25. The van der Waals surface area contributed by atoms with E-state index < -0.39 is 0 Å². The number of fused-ring (bicyclic) bond motifs is 2. The average molecular weight is 577 g/mol. The number of anilines is 1. The van der Waals surface area contributed by atoms with Crippen molar-refractivity contribution in [2.75, 3.05) is 45.6 Å². The number of imidazole rings is 1. The van der Waals surface area contributed by atoms with Gasteiger partial charge in [-0.2, -0.15) is 5.10 Å². The molecule has 1 aromatic carbocycles. The van der Waals surface area contributed by atoms with Crippen LogP contribution in [-0.4, -0.2) is 85.2 Å². The van der Waals surface area contributed by atoms with Gasteiger partial charge in [-0.15, -0.1) is 0 Å². The number of pyridine rings is 3. The fraction of sp³-hybridized carbons (Fsp3) is 0.281. The number of aromatic amines is 2. The topological polar surface area (TPSA) is 115 Å². The Bertz CT molecular complexity index is 1900. The molecule has 1 saturated heterocycles. The van der Waals surface area contributed by atoms with E-state index in [1.165, 1.54) is 30.5 Å². The predicted molar refractivity (Wildman–Crippen MR) is 167 cm³/mol. The van der Waals surface area contributed by atoms with Crippen LogP contribution in [0.15, 0.2) is 61.2 Å². The molecule has 0 unspecified atom stereocenters. The second-order valence-corrected chi connectivity index (χ2v) is 11.4. The molecule has 0 spiro atoms. The van der Waals surface area contributed by atoms with Crippen LogP contribution in [0.2, 0.25) is 0 Å². The van der Waals surface area contributed by atoms with Crippen molar-refractivity contribution in [2.24, 2.45) is 0 Å². The molecule has 0 atom stereocenters. The summed E-state index contributed by atoms with van der Waals surface area (Å²) in [5, 5.41) is 11.7. The van der Waals surface area contributed by atoms with Gasteiger partial charge in [0.15, 0.2) is 17.1 Å². The average Bonchev–Trinajstić information content (AvgIpc) is 3.76. The lowest BCUT2D eigenvalue weighted by atomic mass is 10.0. The maximum atomic E-state index is 14.7. The van der Waals surface area contributed by atoms with E-state index in [2.05, 4.69) is 57.4 Å². The van der Waals surface area contributed by atoms with E-state index in [0.717, 1.165) is 53.8 Å². The van der Waals surface area contributed by atoms with Crippen molar-refractivity contribution in [1.29, 1.82) is 0 Å². The molecule has 43 heavy (non-hydrogen) atoms. The Morgan fingerprint density at radius 1 is 0.953 bits per heavy atom. The number of likely N-dealkylation sites (N-methyl/N-ethyl adjacent to an activating group) is 1. The molecule has 1 aliphatic rings. The zero-order valence-electron chi connectivity index (χ0n) is 24.2. The number of aromatic nitrogens is 7. The van der Waals surface area contributed by atoms with Gasteiger partial charge in [-0.3, -0.25) is 15.0 Å². The number of halogens is 1. The molecule has 3 N–H and O–H groups in total. The number of hydrogen-bond acceptors (Lipinski definition) is 8. The van der Waals surface area contributed by atoms with Crippen LogP contribution >= 0.6 is 0 Å². The quantitative estimate of drug-likeness (QED) is 0.212. The summed E-state index contributed by atoms with van der Waals surface area (Å²) < 4.78 is 14.7. The highest BCUT2D eigenvalue weighted by Crippen LogP contribution is 2.33. The fourth-order valence-corrected chi connectivity index (χ4v) is 5.70. The van der Waals surface area contributed by atoms with E-state index >= 15 is 0 Å². The number of H-pyrrole nitrogens is 2. The first-order chi connectivity index (χ1) is 21.0. The van der Waals surface area contributed by atoms with Crippen LogP contribution in [0.25, 0.3) is 56.0 Å². The maximum absolute atomic E-state index is 14.7. The first-order valence-corrected chi connectivity index (χ1v) is 14.6. The van der Waals surface area contributed by atoms with Crippen LogP contribution in [-0.2, 0) is 6.54 Å². The minimum Gasteiger partial charge on any atom is -0.384 e. The Hall–Kier alpha value is -4.74. The van der Waals surface area contributed by atoms with Crippen LogP contribution in [0.4, 0.5) is 10.1 Å². The van der Waals surface area contributed by atoms with Crippen LogP contribution < -0.4 is 5.32 Å². The Morgan fingerprint density at radius 2 is 1.81 bits per heavy atom. The third-order valence-electron chi connectivity index (χ3n) is 7.86. The second-order valence-electron chi connectivity index (χ2n) is 11.4. The van der Waals surface area contributed by atoms with Crippen molar-refractivity contribution >= 4 is 27.9 Å². The van der Waals surface area contributed by atoms with Crippen molar-refractivity contribution in [3.63, 3.8) is 0 Å². The Morgan fingerprint density at radius 3 is 2.67 bits per heavy atom. The molecule has 6 aromatic rings. The highest BCUT2D eigenvalue weighted by Gasteiger charge is 2.18. The van der Waals surface area contributed by atoms with E-state index in [1.54, 1.807) is 6.20 Å². The van der Waals surface area contributed by atoms with Crippen molar-refractivity contribution in [1.82, 2.24) is 44.9 Å². The van der Waals surface area contributed by atoms with Gasteiger partial charge in [-0.25, -0.2) is 19.3 Å². The summed E-state index contributed by atoms with van der Waals surface area (Å²) in [5.41, 5.74) is 7.90. The SMILES string of the molecule is CN(C)CCNc1cc(F)cc(-c2ccnc3[nH]c(-c4n[nH]c5ncc(-c6cncc(CN7CCCC7)c6)cc45)nc23)c1. The molecular formula is C32H33FN10. The predicted octanol–water partition coefficient (Wildman–Crippen LogP) is 5.33. The van der Waals surface area contributed by atoms with E-state index in [-0.39, 0.29) is 5.82 Å². The molecule has 0 saturated carbocycles. The lowest BCUT2D eigenvalue weighted by molar-refractivity contribution is 0.331. The third-order valence-corrected chi connectivity index (χ3v) is 7.86. The first-order valence-electron chi connectivity index (χ1n) is 14.6. The number of nitrogens with zero attached hydrogens (tertiary/aromatic N) is 7. The van der Waals surface area contributed by atoms with Crippen molar-refractivity contribution in [2.45, 2.75) is 19.4 Å². The Balaban J connectivity index is 1.22. The van der Waals surface area contributed by atoms with Crippen molar-refractivity contribution < 1.29 is 4.39 Å². The summed E-state index contributed by atoms with van der Waals surface area (Å²) in [7, 11) is 4.01. The molecule has 0 radical (unpaired) electrons. The summed E-state index contributed by atoms with van der Waals surface area (Å²) in [6, 6.07) is 11.1. The molecule has 1 fully saturated rings. The number of nitrogens with one attached hydrogen (secondary N) is 3. The van der Waals surface area contributed by atoms with Gasteiger partial charge >= 0.3 is 0 Å². The molecule has 7 rings (SSSR count). The molecule has 0 bridgehead atoms. The van der Waals surface area contributed by atoms with E-state index in [1.807, 2.05) is 44.8 Å². The summed E-state index contributed by atoms with van der Waals surface area (Å²) >= 11 is 0. The number of rotatable bonds is 9. The summed E-state index contributed by atoms with van der Waals surface area (Å²) in [6.07, 6.45) is 9.87. The molecule has 0 amide bonds. The van der Waals surface area contributed by atoms with Crippen LogP contribution in [0, 0.1) is 5.82 Å². The molecule has 5 aromatic heterocycles. The molecule has 6 heterocycles. The third kappa shape index (κ3) is 5.69. The Labute approximate surface area is 248 Å². The molecular weight excluding hydrogens is 543 g/mol. The summed E-state index contributed by atoms with van der Waals surface area (Å²) in [4.78, 5) is 26.4. The monoisotopic (exact) mass is 576 g/mol. The zero-order valence-corrected chi connectivity index (χ0v) is 24.2. The molecule has 218 valence electrons. The normalized spacial score (nSPS) is 14.0. The van der Waals surface area contributed by atoms with Gasteiger partial charge in [-0.05, 0) is 87.6 Å². The zero-order chi connectivity index (χ0) is 29.3. The van der Waals surface area contributed by atoms with E-state index in [9.17, 15) is 4.39 Å². The highest BCUT2D eigenvalue weighted by atomic mass is 19.1. The number of likely N-dealkylation sites (tertiary alicyclic amines) is 1. The first kappa shape index (κ1) is 27.1. The lowest BCUT2D eigenvalue weighted by Crippen LogP contribution is -2.20. The lowest BCUT2D eigenvalue weighted by Gasteiger charge is -2.14. The van der Waals surface area contributed by atoms with Gasteiger partial charge in [0, 0.05) is 66.8 Å². The number of benzene rings is 1. The van der Waals surface area contributed by atoms with Gasteiger partial charge in [-0.1, -0.05) is 0 Å². The number of hydrogen-bond donors (Lipinski definition) is 3. The standard InChI is InChI=1S/C32H33FN10/c1-42(2)10-7-35-25-13-21(12-24(33)15-25)26-5-6-36-31-28(26)38-32(39-31)29-27-14-23(18-37-30(27)41-40-29)22-11-20(16-34-17-22)19-43-8-3-4-9-43/h5-6,11-18,35H,3-4,7-10,19H2,1-2H3,(H,36,38,39)(H,37,40,41). The van der Waals surface area contributed by atoms with Crippen LogP contribution in [0.5, 0.6) is 0 Å². The van der Waals surface area contributed by atoms with Gasteiger partial charge < -0.3 is 15.2 Å². The van der Waals surface area contributed by atoms with Gasteiger partial charge in [0.25, 0.3) is 0 Å². The van der Waals surface area contributed by atoms with E-state index in [4.69, 9.17) is 4.98 Å². The largest absolute Gasteiger partial charge is 0.384 e. The minimum atomic E-state index is -0.318. The highest BCUT2D eigenvalue weighted by molar-refractivity contribution is 5.96. The van der Waals surface area contributed by atoms with Crippen LogP contribution in [0.3, 0.4) is 0 Å². The van der Waals surface area contributed by atoms with Crippen molar-refractivity contribution in [3.05, 3.63) is 72.6 Å². The second kappa shape index (κ2) is 11.5. The summed E-state index contributed by atoms with van der Waals surface area (Å²) in [5.74, 6) is 0.239. The molecule has 11 heteroatoms. The fourth-order valence-electron chi connectivity index (χ4n) is 5.70. The van der Waals surface area contributed by atoms with Gasteiger partial charge in [0.05, 0.1) is 5.39 Å². The molecule has 0 aliphatic carbocycles. The van der Waals surface area contributed by atoms with Crippen LogP contribution in [0.1, 0.15) is 18.4 Å². The van der Waals surface area contributed by atoms with Crippen molar-refractivity contribution in [3.8, 4) is 33.8 Å². The van der Waals surface area contributed by atoms with Gasteiger partial charge in [0.1, 0.15) is 17.0 Å². The molecule has 1 aliphatic heterocycles. The smallest absolute Gasteiger partial charge is 0.161 e. The van der Waals surface area contributed by atoms with E-state index in [0.29, 0.717) is 40.6 Å². The minimum absolute atomic E-state index is 0.318. The maximum Gasteiger partial charge on any atom is 0.161 e. The molecule has 10 nitrogen and oxygen atoms in total.